The molecular formula is C22H22N2O4. The zero-order valence-electron chi connectivity index (χ0n) is 15.5. The fourth-order valence-corrected chi connectivity index (χ4v) is 3.71. The smallest absolute Gasteiger partial charge is 0.306 e. The Labute approximate surface area is 162 Å². The van der Waals surface area contributed by atoms with E-state index in [0.717, 1.165) is 16.5 Å². The summed E-state index contributed by atoms with van der Waals surface area (Å²) in [5, 5.41) is 10.0. The molecule has 1 atom stereocenters. The summed E-state index contributed by atoms with van der Waals surface area (Å²) < 4.78 is 7.54. The molecule has 6 nitrogen and oxygen atoms in total. The standard InChI is InChI=1S/C22H22N2O4/c25-21(26)13-18-15-23(10-11-28-18)22(27)20-12-17-8-4-5-9-19(17)24(20)14-16-6-2-1-3-7-16/h1-9,12,18H,10-11,13-15H2,(H,25,26)/t18-/m0/s1. The molecule has 1 aliphatic heterocycles. The molecule has 2 aromatic carbocycles. The lowest BCUT2D eigenvalue weighted by atomic mass is 10.2. The lowest BCUT2D eigenvalue weighted by molar-refractivity contribution is -0.141. The molecule has 1 aliphatic rings. The van der Waals surface area contributed by atoms with E-state index < -0.39 is 12.1 Å². The van der Waals surface area contributed by atoms with Gasteiger partial charge in [0.2, 0.25) is 0 Å². The van der Waals surface area contributed by atoms with Crippen LogP contribution in [0.5, 0.6) is 0 Å². The number of morpholine rings is 1. The van der Waals surface area contributed by atoms with Crippen molar-refractivity contribution in [1.29, 1.82) is 0 Å². The normalized spacial score (nSPS) is 17.0. The minimum atomic E-state index is -0.919. The summed E-state index contributed by atoms with van der Waals surface area (Å²) in [4.78, 5) is 26.0. The Morgan fingerprint density at radius 1 is 1.07 bits per heavy atom. The molecule has 0 saturated carbocycles. The van der Waals surface area contributed by atoms with Gasteiger partial charge in [-0.3, -0.25) is 9.59 Å². The lowest BCUT2D eigenvalue weighted by Gasteiger charge is -2.32. The third kappa shape index (κ3) is 3.77. The van der Waals surface area contributed by atoms with Crippen molar-refractivity contribution in [3.05, 3.63) is 71.9 Å². The number of para-hydroxylation sites is 1. The minimum absolute atomic E-state index is 0.0918. The van der Waals surface area contributed by atoms with Crippen molar-refractivity contribution in [2.75, 3.05) is 19.7 Å². The number of hydrogen-bond donors (Lipinski definition) is 1. The van der Waals surface area contributed by atoms with Crippen LogP contribution in [0.2, 0.25) is 0 Å². The van der Waals surface area contributed by atoms with Crippen LogP contribution in [0.4, 0.5) is 0 Å². The molecule has 6 heteroatoms. The Bertz CT molecular complexity index is 996. The summed E-state index contributed by atoms with van der Waals surface area (Å²) in [6.07, 6.45) is -0.571. The van der Waals surface area contributed by atoms with E-state index in [1.807, 2.05) is 65.2 Å². The quantitative estimate of drug-likeness (QED) is 0.741. The van der Waals surface area contributed by atoms with Crippen LogP contribution in [0.25, 0.3) is 10.9 Å². The SMILES string of the molecule is O=C(O)C[C@H]1CN(C(=O)c2cc3ccccc3n2Cc2ccccc2)CCO1. The number of carbonyl (C=O) groups excluding carboxylic acids is 1. The molecule has 144 valence electrons. The zero-order valence-corrected chi connectivity index (χ0v) is 15.5. The van der Waals surface area contributed by atoms with Gasteiger partial charge in [0.25, 0.3) is 5.91 Å². The number of carboxylic acid groups (broad SMARTS) is 1. The summed E-state index contributed by atoms with van der Waals surface area (Å²) in [6.45, 7) is 1.70. The molecule has 1 aromatic heterocycles. The van der Waals surface area contributed by atoms with E-state index in [-0.39, 0.29) is 18.9 Å². The molecule has 1 amide bonds. The molecule has 3 aromatic rings. The number of aliphatic carboxylic acids is 1. The number of amides is 1. The number of rotatable bonds is 5. The first-order valence-electron chi connectivity index (χ1n) is 9.36. The van der Waals surface area contributed by atoms with Crippen molar-refractivity contribution >= 4 is 22.8 Å². The summed E-state index contributed by atoms with van der Waals surface area (Å²) in [5.74, 6) is -1.01. The molecule has 0 bridgehead atoms. The second-order valence-corrected chi connectivity index (χ2v) is 7.00. The van der Waals surface area contributed by atoms with E-state index in [1.165, 1.54) is 0 Å². The highest BCUT2D eigenvalue weighted by atomic mass is 16.5. The molecule has 0 radical (unpaired) electrons. The minimum Gasteiger partial charge on any atom is -0.481 e. The molecule has 28 heavy (non-hydrogen) atoms. The molecule has 0 aliphatic carbocycles. The van der Waals surface area contributed by atoms with E-state index in [2.05, 4.69) is 0 Å². The van der Waals surface area contributed by atoms with Gasteiger partial charge in [-0.1, -0.05) is 48.5 Å². The second-order valence-electron chi connectivity index (χ2n) is 7.00. The maximum absolute atomic E-state index is 13.3. The van der Waals surface area contributed by atoms with E-state index in [9.17, 15) is 9.59 Å². The number of carbonyl (C=O) groups is 2. The first-order chi connectivity index (χ1) is 13.6. The van der Waals surface area contributed by atoms with Crippen molar-refractivity contribution in [3.8, 4) is 0 Å². The van der Waals surface area contributed by atoms with Gasteiger partial charge in [0, 0.05) is 30.5 Å². The highest BCUT2D eigenvalue weighted by Gasteiger charge is 2.28. The van der Waals surface area contributed by atoms with Crippen LogP contribution in [-0.2, 0) is 16.1 Å². The Hall–Kier alpha value is -3.12. The van der Waals surface area contributed by atoms with Gasteiger partial charge < -0.3 is 19.3 Å². The fraction of sp³-hybridized carbons (Fsp3) is 0.273. The molecule has 2 heterocycles. The Morgan fingerprint density at radius 2 is 1.82 bits per heavy atom. The van der Waals surface area contributed by atoms with Gasteiger partial charge in [-0.15, -0.1) is 0 Å². The van der Waals surface area contributed by atoms with Crippen LogP contribution < -0.4 is 0 Å². The summed E-state index contributed by atoms with van der Waals surface area (Å²) in [6, 6.07) is 19.9. The Morgan fingerprint density at radius 3 is 2.61 bits per heavy atom. The highest BCUT2D eigenvalue weighted by Crippen LogP contribution is 2.23. The average molecular weight is 378 g/mol. The van der Waals surface area contributed by atoms with Gasteiger partial charge in [-0.05, 0) is 17.7 Å². The van der Waals surface area contributed by atoms with E-state index in [1.54, 1.807) is 4.90 Å². The maximum atomic E-state index is 13.3. The third-order valence-electron chi connectivity index (χ3n) is 5.04. The van der Waals surface area contributed by atoms with Gasteiger partial charge >= 0.3 is 5.97 Å². The predicted molar refractivity (Wildman–Crippen MR) is 105 cm³/mol. The number of hydrogen-bond acceptors (Lipinski definition) is 3. The maximum Gasteiger partial charge on any atom is 0.306 e. The molecule has 1 fully saturated rings. The number of carboxylic acids is 1. The zero-order chi connectivity index (χ0) is 19.5. The number of benzene rings is 2. The number of nitrogens with zero attached hydrogens (tertiary/aromatic N) is 2. The van der Waals surface area contributed by atoms with Crippen molar-refractivity contribution in [1.82, 2.24) is 9.47 Å². The van der Waals surface area contributed by atoms with Crippen LogP contribution in [0.1, 0.15) is 22.5 Å². The molecule has 4 rings (SSSR count). The van der Waals surface area contributed by atoms with Crippen LogP contribution in [-0.4, -0.2) is 52.3 Å². The predicted octanol–water partition coefficient (Wildman–Crippen LogP) is 3.01. The van der Waals surface area contributed by atoms with Gasteiger partial charge in [0.05, 0.1) is 19.1 Å². The lowest BCUT2D eigenvalue weighted by Crippen LogP contribution is -2.46. The highest BCUT2D eigenvalue weighted by molar-refractivity contribution is 5.99. The molecular weight excluding hydrogens is 356 g/mol. The van der Waals surface area contributed by atoms with E-state index >= 15 is 0 Å². The topological polar surface area (TPSA) is 71.8 Å². The van der Waals surface area contributed by atoms with Crippen molar-refractivity contribution in [2.45, 2.75) is 19.1 Å². The second kappa shape index (κ2) is 7.86. The first kappa shape index (κ1) is 18.3. The fourth-order valence-electron chi connectivity index (χ4n) is 3.71. The van der Waals surface area contributed by atoms with Crippen LogP contribution in [0.3, 0.4) is 0 Å². The molecule has 1 saturated heterocycles. The van der Waals surface area contributed by atoms with Crippen molar-refractivity contribution in [3.63, 3.8) is 0 Å². The first-order valence-corrected chi connectivity index (χ1v) is 9.36. The van der Waals surface area contributed by atoms with E-state index in [0.29, 0.717) is 25.4 Å². The number of fused-ring (bicyclic) bond motifs is 1. The van der Waals surface area contributed by atoms with Crippen LogP contribution in [0.15, 0.2) is 60.7 Å². The molecule has 1 N–H and O–H groups in total. The van der Waals surface area contributed by atoms with Gasteiger partial charge in [0.15, 0.2) is 0 Å². The third-order valence-corrected chi connectivity index (χ3v) is 5.04. The van der Waals surface area contributed by atoms with Gasteiger partial charge in [-0.2, -0.15) is 0 Å². The number of ether oxygens (including phenoxy) is 1. The van der Waals surface area contributed by atoms with Crippen molar-refractivity contribution in [2.24, 2.45) is 0 Å². The van der Waals surface area contributed by atoms with Gasteiger partial charge in [0.1, 0.15) is 5.69 Å². The summed E-state index contributed by atoms with van der Waals surface area (Å²) in [7, 11) is 0. The average Bonchev–Trinajstić information content (AvgIpc) is 3.06. The monoisotopic (exact) mass is 378 g/mol. The van der Waals surface area contributed by atoms with E-state index in [4.69, 9.17) is 9.84 Å². The largest absolute Gasteiger partial charge is 0.481 e. The molecule has 0 spiro atoms. The van der Waals surface area contributed by atoms with Crippen molar-refractivity contribution < 1.29 is 19.4 Å². The van der Waals surface area contributed by atoms with Crippen LogP contribution >= 0.6 is 0 Å². The van der Waals surface area contributed by atoms with Crippen LogP contribution in [0, 0.1) is 0 Å². The Balaban J connectivity index is 1.66. The summed E-state index contributed by atoms with van der Waals surface area (Å²) in [5.41, 5.74) is 2.73. The van der Waals surface area contributed by atoms with Gasteiger partial charge in [-0.25, -0.2) is 0 Å². The number of aromatic nitrogens is 1. The Kier molecular flexibility index (Phi) is 5.12. The summed E-state index contributed by atoms with van der Waals surface area (Å²) >= 11 is 0. The molecule has 0 unspecified atom stereocenters.